The molecule has 0 fully saturated rings. The summed E-state index contributed by atoms with van der Waals surface area (Å²) in [7, 11) is 0. The third kappa shape index (κ3) is 5.01. The van der Waals surface area contributed by atoms with Crippen LogP contribution >= 0.6 is 0 Å². The molecule has 0 radical (unpaired) electrons. The zero-order valence-electron chi connectivity index (χ0n) is 40.6. The van der Waals surface area contributed by atoms with Crippen LogP contribution in [-0.2, 0) is 0 Å². The summed E-state index contributed by atoms with van der Waals surface area (Å²) in [6.45, 7) is 0. The van der Waals surface area contributed by atoms with Crippen LogP contribution in [0.4, 0.5) is 0 Å². The lowest BCUT2D eigenvalue weighted by Gasteiger charge is -2.09. The minimum atomic E-state index is -0.553. The van der Waals surface area contributed by atoms with Gasteiger partial charge in [-0.1, -0.05) is 121 Å². The van der Waals surface area contributed by atoms with Crippen molar-refractivity contribution in [3.8, 4) is 51.0 Å². The molecule has 4 aromatic heterocycles. The van der Waals surface area contributed by atoms with Gasteiger partial charge in [-0.15, -0.1) is 0 Å². The third-order valence-electron chi connectivity index (χ3n) is 10.3. The second kappa shape index (κ2) is 12.3. The molecule has 12 aromatic rings. The van der Waals surface area contributed by atoms with E-state index in [1.165, 1.54) is 22.8 Å². The van der Waals surface area contributed by atoms with Gasteiger partial charge in [-0.25, -0.2) is 15.0 Å². The van der Waals surface area contributed by atoms with Gasteiger partial charge in [0.25, 0.3) is 0 Å². The van der Waals surface area contributed by atoms with E-state index < -0.39 is 48.3 Å². The second-order valence-corrected chi connectivity index (χ2v) is 13.6. The molecule has 8 aromatic carbocycles. The standard InChI is InChI=1S/C51H30N4O2/c1-3-12-31(13-4-1)33-22-25-38-39-26-23-34(29-46(39)57-45(38)28-33)50-52-49(32-14-5-2-6-15-32)53-51(54-50)41-18-11-21-44-48(41)40-27-24-35(30-47(40)56-44)55-42-19-9-7-16-36(42)37-17-8-10-20-43(37)55/h1-30H/i7D,8D,9D,10D,11D,16D,17D,18D,19D,21D,24D. The van der Waals surface area contributed by atoms with Gasteiger partial charge in [-0.3, -0.25) is 0 Å². The number of hydrogen-bond acceptors (Lipinski definition) is 5. The fourth-order valence-corrected chi connectivity index (χ4v) is 7.66. The first-order valence-electron chi connectivity index (χ1n) is 23.6. The van der Waals surface area contributed by atoms with E-state index >= 15 is 0 Å². The monoisotopic (exact) mass is 741 g/mol. The SMILES string of the molecule is [2H]c1cc2c(cc1-n1c3cc([2H])c([2H])c([2H])c3c3c([2H])c([2H])c([2H])c([2H])c31)oc1c([2H])c([2H])c([2H])c(-c3nc(-c4ccccc4)nc(-c4ccc5c(c4)oc4cc(-c6ccccc6)ccc45)n3)c12. The minimum Gasteiger partial charge on any atom is -0.456 e. The number of rotatable bonds is 5. The second-order valence-electron chi connectivity index (χ2n) is 13.6. The average molecular weight is 742 g/mol. The Labute approximate surface area is 341 Å². The number of fused-ring (bicyclic) bond motifs is 9. The summed E-state index contributed by atoms with van der Waals surface area (Å²) in [5.74, 6) is 0.506. The first kappa shape index (κ1) is 22.5. The van der Waals surface area contributed by atoms with Gasteiger partial charge < -0.3 is 13.4 Å². The van der Waals surface area contributed by atoms with Crippen molar-refractivity contribution in [3.63, 3.8) is 0 Å². The van der Waals surface area contributed by atoms with Crippen LogP contribution in [0.5, 0.6) is 0 Å². The molecule has 0 aliphatic carbocycles. The highest BCUT2D eigenvalue weighted by atomic mass is 16.3. The predicted octanol–water partition coefficient (Wildman–Crippen LogP) is 13.4. The Morgan fingerprint density at radius 1 is 0.404 bits per heavy atom. The molecule has 0 spiro atoms. The quantitative estimate of drug-likeness (QED) is 0.176. The Kier molecular flexibility index (Phi) is 4.88. The van der Waals surface area contributed by atoms with Crippen molar-refractivity contribution in [1.82, 2.24) is 19.5 Å². The number of hydrogen-bond donors (Lipinski definition) is 0. The van der Waals surface area contributed by atoms with Crippen molar-refractivity contribution < 1.29 is 23.9 Å². The molecule has 0 N–H and O–H groups in total. The Balaban J connectivity index is 1.09. The number of benzene rings is 8. The lowest BCUT2D eigenvalue weighted by Crippen LogP contribution is -2.00. The number of aromatic nitrogens is 4. The normalized spacial score (nSPS) is 14.6. The maximum Gasteiger partial charge on any atom is 0.164 e. The van der Waals surface area contributed by atoms with Gasteiger partial charge in [0.1, 0.15) is 22.3 Å². The van der Waals surface area contributed by atoms with E-state index in [0.717, 1.165) is 21.9 Å². The molecule has 57 heavy (non-hydrogen) atoms. The summed E-state index contributed by atoms with van der Waals surface area (Å²) in [4.78, 5) is 14.7. The molecule has 0 saturated heterocycles. The van der Waals surface area contributed by atoms with Crippen molar-refractivity contribution in [1.29, 1.82) is 0 Å². The van der Waals surface area contributed by atoms with Crippen LogP contribution in [0, 0.1) is 0 Å². The molecule has 6 nitrogen and oxygen atoms in total. The van der Waals surface area contributed by atoms with E-state index in [4.69, 9.17) is 36.1 Å². The summed E-state index contributed by atoms with van der Waals surface area (Å²) in [6.07, 6.45) is 0. The van der Waals surface area contributed by atoms with E-state index in [0.29, 0.717) is 22.3 Å². The maximum atomic E-state index is 9.48. The maximum absolute atomic E-state index is 9.48. The number of furan rings is 2. The molecule has 0 saturated carbocycles. The Morgan fingerprint density at radius 2 is 1.04 bits per heavy atom. The highest BCUT2D eigenvalue weighted by Gasteiger charge is 2.20. The van der Waals surface area contributed by atoms with Crippen molar-refractivity contribution >= 4 is 65.7 Å². The van der Waals surface area contributed by atoms with Crippen molar-refractivity contribution in [3.05, 3.63) is 182 Å². The average Bonchev–Trinajstić information content (AvgIpc) is 4.03. The molecule has 0 bridgehead atoms. The van der Waals surface area contributed by atoms with Gasteiger partial charge in [0.05, 0.1) is 26.1 Å². The molecule has 0 unspecified atom stereocenters. The Bertz CT molecular complexity index is 4170. The molecule has 266 valence electrons. The summed E-state index contributed by atoms with van der Waals surface area (Å²) >= 11 is 0. The van der Waals surface area contributed by atoms with Crippen molar-refractivity contribution in [2.24, 2.45) is 0 Å². The molecule has 0 atom stereocenters. The predicted molar refractivity (Wildman–Crippen MR) is 230 cm³/mol. The van der Waals surface area contributed by atoms with Gasteiger partial charge in [-0.2, -0.15) is 0 Å². The minimum absolute atomic E-state index is 0.00316. The summed E-state index contributed by atoms with van der Waals surface area (Å²) in [5.41, 5.74) is 4.74. The number of para-hydroxylation sites is 2. The van der Waals surface area contributed by atoms with E-state index in [9.17, 15) is 2.74 Å². The van der Waals surface area contributed by atoms with Crippen LogP contribution in [0.3, 0.4) is 0 Å². The molecule has 12 rings (SSSR count). The van der Waals surface area contributed by atoms with Crippen LogP contribution in [0.1, 0.15) is 15.1 Å². The van der Waals surface area contributed by atoms with Gasteiger partial charge in [0.2, 0.25) is 0 Å². The molecular weight excluding hydrogens is 701 g/mol. The first-order valence-corrected chi connectivity index (χ1v) is 18.1. The summed E-state index contributed by atoms with van der Waals surface area (Å²) in [6, 6.07) is 30.6. The molecular formula is C51H30N4O2. The topological polar surface area (TPSA) is 69.9 Å². The fourth-order valence-electron chi connectivity index (χ4n) is 7.66. The Morgan fingerprint density at radius 3 is 1.84 bits per heavy atom. The van der Waals surface area contributed by atoms with Crippen LogP contribution < -0.4 is 0 Å². The van der Waals surface area contributed by atoms with Crippen LogP contribution in [0.2, 0.25) is 0 Å². The zero-order valence-corrected chi connectivity index (χ0v) is 29.6. The third-order valence-corrected chi connectivity index (χ3v) is 10.3. The molecule has 4 heterocycles. The first-order chi connectivity index (χ1) is 32.8. The molecule has 6 heteroatoms. The van der Waals surface area contributed by atoms with Crippen LogP contribution in [0.25, 0.3) is 117 Å². The molecule has 0 aliphatic rings. The zero-order chi connectivity index (χ0) is 47.0. The van der Waals surface area contributed by atoms with E-state index in [2.05, 4.69) is 6.07 Å². The van der Waals surface area contributed by atoms with E-state index in [1.807, 2.05) is 91.0 Å². The highest BCUT2D eigenvalue weighted by molar-refractivity contribution is 6.13. The number of nitrogens with zero attached hydrogens (tertiary/aromatic N) is 4. The lowest BCUT2D eigenvalue weighted by molar-refractivity contribution is 0.668. The summed E-state index contributed by atoms with van der Waals surface area (Å²) in [5, 5.41) is 2.25. The largest absolute Gasteiger partial charge is 0.456 e. The van der Waals surface area contributed by atoms with Crippen molar-refractivity contribution in [2.45, 2.75) is 0 Å². The van der Waals surface area contributed by atoms with E-state index in [1.54, 1.807) is 0 Å². The molecule has 0 amide bonds. The van der Waals surface area contributed by atoms with Gasteiger partial charge >= 0.3 is 0 Å². The smallest absolute Gasteiger partial charge is 0.164 e. The van der Waals surface area contributed by atoms with Gasteiger partial charge in [0.15, 0.2) is 17.5 Å². The fraction of sp³-hybridized carbons (Fsp3) is 0. The molecule has 0 aliphatic heterocycles. The van der Waals surface area contributed by atoms with Crippen molar-refractivity contribution in [2.75, 3.05) is 0 Å². The highest BCUT2D eigenvalue weighted by Crippen LogP contribution is 2.40. The lowest BCUT2D eigenvalue weighted by atomic mass is 10.0. The van der Waals surface area contributed by atoms with Crippen LogP contribution in [0.15, 0.2) is 191 Å². The van der Waals surface area contributed by atoms with E-state index in [-0.39, 0.29) is 90.6 Å². The Hall–Kier alpha value is -7.83. The van der Waals surface area contributed by atoms with Crippen LogP contribution in [-0.4, -0.2) is 19.5 Å². The summed E-state index contributed by atoms with van der Waals surface area (Å²) < 4.78 is 111. The van der Waals surface area contributed by atoms with Gasteiger partial charge in [0, 0.05) is 60.8 Å². The van der Waals surface area contributed by atoms with Gasteiger partial charge in [-0.05, 0) is 65.7 Å².